The molecule has 7 nitrogen and oxygen atoms in total. The van der Waals surface area contributed by atoms with E-state index in [1.54, 1.807) is 13.8 Å². The summed E-state index contributed by atoms with van der Waals surface area (Å²) in [6, 6.07) is 8.16. The van der Waals surface area contributed by atoms with E-state index in [1.807, 2.05) is 23.7 Å². The average molecular weight is 388 g/mol. The summed E-state index contributed by atoms with van der Waals surface area (Å²) in [5.74, 6) is 0.152. The number of aromatic nitrogens is 3. The van der Waals surface area contributed by atoms with Crippen LogP contribution < -0.4 is 0 Å². The molecule has 1 aliphatic heterocycles. The number of esters is 1. The standard InChI is InChI=1S/C19H25N4O3P/c1-4-26-19(25)18-17(20-23(21-18)27-3)16-7-5-14(6-8-16)15-9-11-22(12-10-15)13(2)24/h5-8,15,27H,4,9-12H2,1-3H3. The van der Waals surface area contributed by atoms with Gasteiger partial charge < -0.3 is 9.64 Å². The van der Waals surface area contributed by atoms with E-state index in [4.69, 9.17) is 4.74 Å². The van der Waals surface area contributed by atoms with Gasteiger partial charge >= 0.3 is 5.97 Å². The van der Waals surface area contributed by atoms with Gasteiger partial charge in [-0.3, -0.25) is 4.79 Å². The van der Waals surface area contributed by atoms with Crippen LogP contribution in [-0.2, 0) is 9.53 Å². The van der Waals surface area contributed by atoms with E-state index in [1.165, 1.54) is 10.1 Å². The summed E-state index contributed by atoms with van der Waals surface area (Å²) in [6.07, 6.45) is 1.94. The molecular weight excluding hydrogens is 363 g/mol. The first-order valence-corrected chi connectivity index (χ1v) is 10.7. The molecule has 0 N–H and O–H groups in total. The van der Waals surface area contributed by atoms with E-state index >= 15 is 0 Å². The minimum atomic E-state index is -0.447. The fourth-order valence-corrected chi connectivity index (χ4v) is 3.78. The highest BCUT2D eigenvalue weighted by atomic mass is 31.1. The van der Waals surface area contributed by atoms with Crippen LogP contribution in [0, 0.1) is 0 Å². The number of piperidine rings is 1. The molecule has 0 saturated carbocycles. The maximum Gasteiger partial charge on any atom is 0.361 e. The second kappa shape index (κ2) is 8.61. The van der Waals surface area contributed by atoms with Gasteiger partial charge in [0.25, 0.3) is 0 Å². The summed E-state index contributed by atoms with van der Waals surface area (Å²) >= 11 is 0. The monoisotopic (exact) mass is 388 g/mol. The van der Waals surface area contributed by atoms with Gasteiger partial charge in [0, 0.05) is 34.3 Å². The van der Waals surface area contributed by atoms with Crippen molar-refractivity contribution in [2.24, 2.45) is 0 Å². The molecule has 1 saturated heterocycles. The number of amides is 1. The minimum absolute atomic E-state index is 0.148. The van der Waals surface area contributed by atoms with Gasteiger partial charge in [-0.15, -0.1) is 10.2 Å². The van der Waals surface area contributed by atoms with Gasteiger partial charge in [-0.25, -0.2) is 4.79 Å². The quantitative estimate of drug-likeness (QED) is 0.581. The van der Waals surface area contributed by atoms with Crippen LogP contribution in [-0.4, -0.2) is 57.9 Å². The predicted molar refractivity (Wildman–Crippen MR) is 105 cm³/mol. The second-order valence-electron chi connectivity index (χ2n) is 6.53. The van der Waals surface area contributed by atoms with Crippen LogP contribution in [0.2, 0.25) is 0 Å². The SMILES string of the molecule is CCOC(=O)c1nn(PC)nc1-c1ccc(C2CCN(C(C)=O)CC2)cc1. The van der Waals surface area contributed by atoms with Crippen molar-refractivity contribution in [2.75, 3.05) is 26.4 Å². The fraction of sp³-hybridized carbons (Fsp3) is 0.474. The average Bonchev–Trinajstić information content (AvgIpc) is 3.13. The molecule has 27 heavy (non-hydrogen) atoms. The van der Waals surface area contributed by atoms with Crippen LogP contribution in [0.3, 0.4) is 0 Å². The van der Waals surface area contributed by atoms with Crippen LogP contribution in [0.15, 0.2) is 24.3 Å². The molecule has 1 aliphatic rings. The lowest BCUT2D eigenvalue weighted by molar-refractivity contribution is -0.129. The van der Waals surface area contributed by atoms with Gasteiger partial charge in [0.1, 0.15) is 5.69 Å². The highest BCUT2D eigenvalue weighted by Gasteiger charge is 2.23. The van der Waals surface area contributed by atoms with Crippen LogP contribution in [0.4, 0.5) is 0 Å². The topological polar surface area (TPSA) is 77.3 Å². The van der Waals surface area contributed by atoms with Crippen LogP contribution in [0.5, 0.6) is 0 Å². The first-order valence-electron chi connectivity index (χ1n) is 9.21. The molecule has 0 spiro atoms. The van der Waals surface area contributed by atoms with Crippen molar-refractivity contribution >= 4 is 20.6 Å². The number of likely N-dealkylation sites (tertiary alicyclic amines) is 1. The third kappa shape index (κ3) is 4.35. The Morgan fingerprint density at radius 2 is 1.85 bits per heavy atom. The molecule has 0 radical (unpaired) electrons. The Morgan fingerprint density at radius 1 is 1.19 bits per heavy atom. The molecule has 2 heterocycles. The number of rotatable bonds is 5. The summed E-state index contributed by atoms with van der Waals surface area (Å²) in [7, 11) is 0.338. The minimum Gasteiger partial charge on any atom is -0.461 e. The Bertz CT molecular complexity index is 811. The Labute approximate surface area is 160 Å². The van der Waals surface area contributed by atoms with Crippen molar-refractivity contribution in [1.29, 1.82) is 0 Å². The van der Waals surface area contributed by atoms with Crippen LogP contribution in [0.1, 0.15) is 48.7 Å². The second-order valence-corrected chi connectivity index (χ2v) is 7.38. The first kappa shape index (κ1) is 19.5. The molecular formula is C19H25N4O3P. The Kier molecular flexibility index (Phi) is 6.22. The van der Waals surface area contributed by atoms with E-state index in [9.17, 15) is 9.59 Å². The summed E-state index contributed by atoms with van der Waals surface area (Å²) in [5.41, 5.74) is 2.92. The lowest BCUT2D eigenvalue weighted by Gasteiger charge is -2.31. The summed E-state index contributed by atoms with van der Waals surface area (Å²) < 4.78 is 6.65. The Hall–Kier alpha value is -2.27. The number of hydrogen-bond acceptors (Lipinski definition) is 5. The molecule has 1 amide bonds. The fourth-order valence-electron chi connectivity index (χ4n) is 3.38. The maximum absolute atomic E-state index is 12.2. The van der Waals surface area contributed by atoms with Crippen molar-refractivity contribution in [2.45, 2.75) is 32.6 Å². The normalized spacial score (nSPS) is 15.4. The van der Waals surface area contributed by atoms with Crippen molar-refractivity contribution in [3.05, 3.63) is 35.5 Å². The van der Waals surface area contributed by atoms with E-state index in [2.05, 4.69) is 22.3 Å². The van der Waals surface area contributed by atoms with E-state index in [0.717, 1.165) is 31.5 Å². The Morgan fingerprint density at radius 3 is 2.41 bits per heavy atom. The lowest BCUT2D eigenvalue weighted by Crippen LogP contribution is -2.36. The van der Waals surface area contributed by atoms with Crippen LogP contribution >= 0.6 is 8.73 Å². The largest absolute Gasteiger partial charge is 0.461 e. The van der Waals surface area contributed by atoms with Gasteiger partial charge in [0.15, 0.2) is 5.69 Å². The lowest BCUT2D eigenvalue weighted by atomic mass is 9.88. The van der Waals surface area contributed by atoms with Crippen molar-refractivity contribution in [3.63, 3.8) is 0 Å². The van der Waals surface area contributed by atoms with Crippen molar-refractivity contribution in [1.82, 2.24) is 19.7 Å². The van der Waals surface area contributed by atoms with E-state index < -0.39 is 5.97 Å². The van der Waals surface area contributed by atoms with Gasteiger partial charge in [-0.05, 0) is 37.9 Å². The summed E-state index contributed by atoms with van der Waals surface area (Å²) in [6.45, 7) is 7.27. The molecule has 144 valence electrons. The molecule has 0 bridgehead atoms. The number of hydrogen-bond donors (Lipinski definition) is 0. The van der Waals surface area contributed by atoms with E-state index in [-0.39, 0.29) is 11.6 Å². The zero-order valence-corrected chi connectivity index (χ0v) is 16.9. The number of carbonyl (C=O) groups excluding carboxylic acids is 2. The smallest absolute Gasteiger partial charge is 0.361 e. The number of ether oxygens (including phenoxy) is 1. The molecule has 3 rings (SSSR count). The maximum atomic E-state index is 12.2. The molecule has 2 aromatic rings. The zero-order chi connectivity index (χ0) is 19.4. The van der Waals surface area contributed by atoms with Crippen LogP contribution in [0.25, 0.3) is 11.3 Å². The van der Waals surface area contributed by atoms with Crippen molar-refractivity contribution in [3.8, 4) is 11.3 Å². The zero-order valence-electron chi connectivity index (χ0n) is 15.9. The molecule has 1 aromatic carbocycles. The number of nitrogens with zero attached hydrogens (tertiary/aromatic N) is 4. The molecule has 1 atom stereocenters. The van der Waals surface area contributed by atoms with Gasteiger partial charge in [0.2, 0.25) is 5.91 Å². The number of benzene rings is 1. The molecule has 1 unspecified atom stereocenters. The third-order valence-electron chi connectivity index (χ3n) is 4.88. The van der Waals surface area contributed by atoms with E-state index in [0.29, 0.717) is 27.0 Å². The molecule has 8 heteroatoms. The van der Waals surface area contributed by atoms with Gasteiger partial charge in [-0.2, -0.15) is 4.57 Å². The molecule has 0 aliphatic carbocycles. The molecule has 1 fully saturated rings. The third-order valence-corrected chi connectivity index (χ3v) is 5.48. The summed E-state index contributed by atoms with van der Waals surface area (Å²) in [4.78, 5) is 25.6. The highest BCUT2D eigenvalue weighted by Crippen LogP contribution is 2.30. The highest BCUT2D eigenvalue weighted by molar-refractivity contribution is 7.34. The van der Waals surface area contributed by atoms with Gasteiger partial charge in [0.05, 0.1) is 6.61 Å². The first-order chi connectivity index (χ1) is 13.0. The predicted octanol–water partition coefficient (Wildman–Crippen LogP) is 2.92. The Balaban J connectivity index is 1.79. The number of carbonyl (C=O) groups is 2. The molecule has 1 aromatic heterocycles. The van der Waals surface area contributed by atoms with Gasteiger partial charge in [-0.1, -0.05) is 24.3 Å². The van der Waals surface area contributed by atoms with Crippen molar-refractivity contribution < 1.29 is 14.3 Å². The summed E-state index contributed by atoms with van der Waals surface area (Å²) in [5, 5.41) is 8.71.